The maximum Gasteiger partial charge on any atom is 0.223 e. The third-order valence-corrected chi connectivity index (χ3v) is 3.98. The van der Waals surface area contributed by atoms with Crippen LogP contribution in [0.4, 0.5) is 17.6 Å². The summed E-state index contributed by atoms with van der Waals surface area (Å²) in [6.45, 7) is 4.55. The number of hydrogen-bond donors (Lipinski definition) is 4. The van der Waals surface area contributed by atoms with E-state index >= 15 is 0 Å². The van der Waals surface area contributed by atoms with E-state index in [1.54, 1.807) is 6.07 Å². The second-order valence-electron chi connectivity index (χ2n) is 5.00. The minimum absolute atomic E-state index is 0.227. The van der Waals surface area contributed by atoms with Crippen molar-refractivity contribution in [2.24, 2.45) is 17.7 Å². The lowest BCUT2D eigenvalue weighted by Gasteiger charge is -2.21. The van der Waals surface area contributed by atoms with Gasteiger partial charge in [-0.15, -0.1) is 0 Å². The first kappa shape index (κ1) is 12.9. The fraction of sp³-hybridized carbons (Fsp3) is 0.667. The van der Waals surface area contributed by atoms with Gasteiger partial charge < -0.3 is 16.5 Å². The van der Waals surface area contributed by atoms with Gasteiger partial charge in [-0.3, -0.25) is 0 Å². The van der Waals surface area contributed by atoms with Crippen molar-refractivity contribution in [1.82, 2.24) is 9.97 Å². The van der Waals surface area contributed by atoms with Crippen LogP contribution in [0.5, 0.6) is 0 Å². The average Bonchev–Trinajstić information content (AvgIpc) is 2.70. The average molecular weight is 250 g/mol. The van der Waals surface area contributed by atoms with E-state index < -0.39 is 0 Å². The number of nitrogen functional groups attached to an aromatic ring is 2. The van der Waals surface area contributed by atoms with Crippen LogP contribution in [0.3, 0.4) is 0 Å². The number of nitrogens with one attached hydrogen (secondary N) is 2. The van der Waals surface area contributed by atoms with Crippen LogP contribution in [0, 0.1) is 11.8 Å². The van der Waals surface area contributed by atoms with E-state index in [4.69, 9.17) is 11.6 Å². The molecule has 1 heterocycles. The highest BCUT2D eigenvalue weighted by molar-refractivity contribution is 5.50. The zero-order chi connectivity index (χ0) is 13.1. The fourth-order valence-corrected chi connectivity index (χ4v) is 2.83. The minimum Gasteiger partial charge on any atom is -0.368 e. The van der Waals surface area contributed by atoms with Crippen LogP contribution < -0.4 is 22.3 Å². The molecule has 0 aromatic carbocycles. The molecule has 18 heavy (non-hydrogen) atoms. The SMILES string of the molecule is CCC1CCC(Nc2cc(NN)nc(N)n2)C1C. The molecule has 0 saturated heterocycles. The van der Waals surface area contributed by atoms with Crippen molar-refractivity contribution >= 4 is 17.6 Å². The molecule has 6 heteroatoms. The molecule has 0 amide bonds. The first-order valence-electron chi connectivity index (χ1n) is 6.51. The molecule has 1 aliphatic carbocycles. The van der Waals surface area contributed by atoms with Crippen molar-refractivity contribution in [2.45, 2.75) is 39.2 Å². The zero-order valence-corrected chi connectivity index (χ0v) is 11.0. The Morgan fingerprint density at radius 2 is 2.06 bits per heavy atom. The molecule has 6 N–H and O–H groups in total. The van der Waals surface area contributed by atoms with Gasteiger partial charge in [0.1, 0.15) is 11.6 Å². The number of nitrogens with zero attached hydrogens (tertiary/aromatic N) is 2. The topological polar surface area (TPSA) is 102 Å². The van der Waals surface area contributed by atoms with Crippen molar-refractivity contribution in [3.63, 3.8) is 0 Å². The first-order chi connectivity index (χ1) is 8.63. The summed E-state index contributed by atoms with van der Waals surface area (Å²) < 4.78 is 0. The smallest absolute Gasteiger partial charge is 0.223 e. The lowest BCUT2D eigenvalue weighted by Crippen LogP contribution is -2.25. The normalized spacial score (nSPS) is 27.2. The summed E-state index contributed by atoms with van der Waals surface area (Å²) in [7, 11) is 0. The molecule has 0 spiro atoms. The van der Waals surface area contributed by atoms with E-state index in [-0.39, 0.29) is 5.95 Å². The summed E-state index contributed by atoms with van der Waals surface area (Å²) in [5.74, 6) is 8.29. The standard InChI is InChI=1S/C12H22N6/c1-3-8-4-5-9(7(8)2)15-10-6-11(18-14)17-12(13)16-10/h6-9H,3-5,14H2,1-2H3,(H4,13,15,16,17,18). The Labute approximate surface area is 108 Å². The van der Waals surface area contributed by atoms with Crippen LogP contribution in [-0.4, -0.2) is 16.0 Å². The monoisotopic (exact) mass is 250 g/mol. The number of aromatic nitrogens is 2. The Bertz CT molecular complexity index is 408. The molecular formula is C12H22N6. The van der Waals surface area contributed by atoms with Crippen molar-refractivity contribution in [3.8, 4) is 0 Å². The summed E-state index contributed by atoms with van der Waals surface area (Å²) in [6, 6.07) is 2.23. The lowest BCUT2D eigenvalue weighted by molar-refractivity contribution is 0.391. The predicted octanol–water partition coefficient (Wildman–Crippen LogP) is 1.58. The zero-order valence-electron chi connectivity index (χ0n) is 11.0. The van der Waals surface area contributed by atoms with Crippen molar-refractivity contribution < 1.29 is 0 Å². The summed E-state index contributed by atoms with van der Waals surface area (Å²) in [6.07, 6.45) is 3.69. The van der Waals surface area contributed by atoms with Gasteiger partial charge in [-0.1, -0.05) is 20.3 Å². The second kappa shape index (κ2) is 5.39. The number of hydrogen-bond acceptors (Lipinski definition) is 6. The maximum absolute atomic E-state index is 5.64. The molecule has 1 saturated carbocycles. The van der Waals surface area contributed by atoms with Gasteiger partial charge in [-0.05, 0) is 24.7 Å². The number of rotatable bonds is 4. The molecule has 1 aliphatic rings. The van der Waals surface area contributed by atoms with E-state index in [0.717, 1.165) is 11.7 Å². The Morgan fingerprint density at radius 3 is 2.67 bits per heavy atom. The quantitative estimate of drug-likeness (QED) is 0.478. The van der Waals surface area contributed by atoms with Crippen molar-refractivity contribution in [1.29, 1.82) is 0 Å². The molecule has 6 nitrogen and oxygen atoms in total. The first-order valence-corrected chi connectivity index (χ1v) is 6.51. The number of hydrazine groups is 1. The van der Waals surface area contributed by atoms with Crippen molar-refractivity contribution in [3.05, 3.63) is 6.07 Å². The van der Waals surface area contributed by atoms with Gasteiger partial charge in [0.05, 0.1) is 0 Å². The minimum atomic E-state index is 0.227. The Hall–Kier alpha value is -1.56. The number of anilines is 3. The third kappa shape index (κ3) is 2.64. The van der Waals surface area contributed by atoms with Gasteiger partial charge in [0.15, 0.2) is 0 Å². The molecule has 1 aromatic heterocycles. The maximum atomic E-state index is 5.64. The van der Waals surface area contributed by atoms with Crippen LogP contribution in [0.1, 0.15) is 33.1 Å². The highest BCUT2D eigenvalue weighted by atomic mass is 15.3. The molecular weight excluding hydrogens is 228 g/mol. The summed E-state index contributed by atoms with van der Waals surface area (Å²) >= 11 is 0. The third-order valence-electron chi connectivity index (χ3n) is 3.98. The van der Waals surface area contributed by atoms with Crippen LogP contribution in [0.15, 0.2) is 6.07 Å². The Kier molecular flexibility index (Phi) is 3.86. The molecule has 100 valence electrons. The van der Waals surface area contributed by atoms with E-state index in [1.807, 2.05) is 0 Å². The highest BCUT2D eigenvalue weighted by Crippen LogP contribution is 2.35. The molecule has 3 unspecified atom stereocenters. The van der Waals surface area contributed by atoms with Gasteiger partial charge in [-0.25, -0.2) is 5.84 Å². The molecule has 2 rings (SSSR count). The van der Waals surface area contributed by atoms with E-state index in [0.29, 0.717) is 17.8 Å². The Morgan fingerprint density at radius 1 is 1.33 bits per heavy atom. The van der Waals surface area contributed by atoms with E-state index in [1.165, 1.54) is 19.3 Å². The second-order valence-corrected chi connectivity index (χ2v) is 5.00. The van der Waals surface area contributed by atoms with Crippen LogP contribution >= 0.6 is 0 Å². The van der Waals surface area contributed by atoms with Gasteiger partial charge in [0, 0.05) is 12.1 Å². The predicted molar refractivity (Wildman–Crippen MR) is 73.8 cm³/mol. The molecule has 0 radical (unpaired) electrons. The van der Waals surface area contributed by atoms with Gasteiger partial charge in [0.2, 0.25) is 5.95 Å². The largest absolute Gasteiger partial charge is 0.368 e. The van der Waals surface area contributed by atoms with E-state index in [2.05, 4.69) is 34.6 Å². The van der Waals surface area contributed by atoms with Crippen LogP contribution in [0.2, 0.25) is 0 Å². The van der Waals surface area contributed by atoms with Gasteiger partial charge in [-0.2, -0.15) is 9.97 Å². The molecule has 3 atom stereocenters. The van der Waals surface area contributed by atoms with Crippen molar-refractivity contribution in [2.75, 3.05) is 16.5 Å². The van der Waals surface area contributed by atoms with Crippen LogP contribution in [-0.2, 0) is 0 Å². The molecule has 1 fully saturated rings. The number of nitrogens with two attached hydrogens (primary N) is 2. The lowest BCUT2D eigenvalue weighted by atomic mass is 9.93. The summed E-state index contributed by atoms with van der Waals surface area (Å²) in [5, 5.41) is 3.44. The van der Waals surface area contributed by atoms with E-state index in [9.17, 15) is 0 Å². The Balaban J connectivity index is 2.08. The highest BCUT2D eigenvalue weighted by Gasteiger charge is 2.31. The summed E-state index contributed by atoms with van der Waals surface area (Å²) in [5.41, 5.74) is 8.13. The van der Waals surface area contributed by atoms with Gasteiger partial charge in [0.25, 0.3) is 0 Å². The molecule has 0 aliphatic heterocycles. The van der Waals surface area contributed by atoms with Crippen LogP contribution in [0.25, 0.3) is 0 Å². The molecule has 1 aromatic rings. The molecule has 0 bridgehead atoms. The summed E-state index contributed by atoms with van der Waals surface area (Å²) in [4.78, 5) is 8.16. The fourth-order valence-electron chi connectivity index (χ4n) is 2.83. The van der Waals surface area contributed by atoms with Gasteiger partial charge >= 0.3 is 0 Å².